The van der Waals surface area contributed by atoms with Gasteiger partial charge < -0.3 is 0 Å². The molecule has 0 aromatic heterocycles. The molecule has 0 radical (unpaired) electrons. The van der Waals surface area contributed by atoms with Gasteiger partial charge in [0.05, 0.1) is 9.79 Å². The van der Waals surface area contributed by atoms with Gasteiger partial charge in [-0.05, 0) is 54.3 Å². The Morgan fingerprint density at radius 2 is 1.42 bits per heavy atom. The van der Waals surface area contributed by atoms with Gasteiger partial charge in [0.15, 0.2) is 0 Å². The number of nitrogens with two attached hydrogens (primary N) is 1. The number of primary sulfonamides is 1. The zero-order chi connectivity index (χ0) is 18.0. The average molecular weight is 368 g/mol. The number of sulfonamides is 2. The van der Waals surface area contributed by atoms with Crippen molar-refractivity contribution in [3.8, 4) is 0 Å². The summed E-state index contributed by atoms with van der Waals surface area (Å²) in [6, 6.07) is 11.9. The third-order valence-corrected chi connectivity index (χ3v) is 6.13. The molecule has 24 heavy (non-hydrogen) atoms. The molecule has 0 fully saturated rings. The van der Waals surface area contributed by atoms with Crippen molar-refractivity contribution in [2.75, 3.05) is 4.72 Å². The fraction of sp³-hybridized carbons (Fsp3) is 0.250. The minimum atomic E-state index is -3.81. The van der Waals surface area contributed by atoms with E-state index in [0.29, 0.717) is 5.92 Å². The molecule has 1 atom stereocenters. The van der Waals surface area contributed by atoms with Crippen molar-refractivity contribution in [2.24, 2.45) is 5.14 Å². The fourth-order valence-electron chi connectivity index (χ4n) is 2.14. The maximum atomic E-state index is 12.4. The van der Waals surface area contributed by atoms with Crippen LogP contribution < -0.4 is 9.86 Å². The second-order valence-corrected chi connectivity index (χ2v) is 8.80. The van der Waals surface area contributed by atoms with E-state index in [2.05, 4.69) is 18.6 Å². The third kappa shape index (κ3) is 4.34. The number of hydrogen-bond acceptors (Lipinski definition) is 4. The average Bonchev–Trinajstić information content (AvgIpc) is 2.53. The van der Waals surface area contributed by atoms with Crippen molar-refractivity contribution in [3.63, 3.8) is 0 Å². The predicted octanol–water partition coefficient (Wildman–Crippen LogP) is 2.65. The van der Waals surface area contributed by atoms with Crippen LogP contribution in [0.3, 0.4) is 0 Å². The molecule has 8 heteroatoms. The van der Waals surface area contributed by atoms with Gasteiger partial charge in [-0.15, -0.1) is 0 Å². The van der Waals surface area contributed by atoms with Crippen LogP contribution in [0.4, 0.5) is 5.69 Å². The van der Waals surface area contributed by atoms with E-state index in [1.165, 1.54) is 24.3 Å². The molecule has 3 N–H and O–H groups in total. The van der Waals surface area contributed by atoms with Gasteiger partial charge in [-0.25, -0.2) is 22.0 Å². The van der Waals surface area contributed by atoms with Crippen LogP contribution in [-0.4, -0.2) is 16.8 Å². The van der Waals surface area contributed by atoms with Crippen molar-refractivity contribution in [2.45, 2.75) is 36.0 Å². The first-order valence-corrected chi connectivity index (χ1v) is 10.4. The highest BCUT2D eigenvalue weighted by Crippen LogP contribution is 2.22. The molecule has 0 saturated heterocycles. The maximum absolute atomic E-state index is 12.4. The predicted molar refractivity (Wildman–Crippen MR) is 93.8 cm³/mol. The van der Waals surface area contributed by atoms with Gasteiger partial charge in [0.25, 0.3) is 10.0 Å². The summed E-state index contributed by atoms with van der Waals surface area (Å²) in [5, 5.41) is 5.01. The van der Waals surface area contributed by atoms with E-state index in [1.54, 1.807) is 24.3 Å². The van der Waals surface area contributed by atoms with Crippen LogP contribution in [-0.2, 0) is 20.0 Å². The Labute approximate surface area is 142 Å². The van der Waals surface area contributed by atoms with Crippen LogP contribution in [0.1, 0.15) is 31.7 Å². The third-order valence-electron chi connectivity index (χ3n) is 3.81. The van der Waals surface area contributed by atoms with Crippen LogP contribution in [0.2, 0.25) is 0 Å². The molecule has 0 aliphatic heterocycles. The summed E-state index contributed by atoms with van der Waals surface area (Å²) in [6.45, 7) is 4.15. The summed E-state index contributed by atoms with van der Waals surface area (Å²) < 4.78 is 49.6. The highest BCUT2D eigenvalue weighted by Gasteiger charge is 2.15. The fourth-order valence-corrected chi connectivity index (χ4v) is 3.71. The molecule has 0 spiro atoms. The Kier molecular flexibility index (Phi) is 5.32. The molecular formula is C16H20N2O4S2. The molecule has 0 aliphatic carbocycles. The van der Waals surface area contributed by atoms with Crippen molar-refractivity contribution in [3.05, 3.63) is 54.1 Å². The van der Waals surface area contributed by atoms with Gasteiger partial charge in [-0.2, -0.15) is 0 Å². The molecule has 2 rings (SSSR count). The quantitative estimate of drug-likeness (QED) is 0.817. The van der Waals surface area contributed by atoms with Crippen molar-refractivity contribution in [1.29, 1.82) is 0 Å². The molecule has 6 nitrogen and oxygen atoms in total. The summed E-state index contributed by atoms with van der Waals surface area (Å²) in [5.74, 6) is 0.362. The highest BCUT2D eigenvalue weighted by molar-refractivity contribution is 7.92. The van der Waals surface area contributed by atoms with Crippen LogP contribution in [0.5, 0.6) is 0 Å². The van der Waals surface area contributed by atoms with E-state index in [0.717, 1.165) is 12.0 Å². The minimum Gasteiger partial charge on any atom is -0.280 e. The maximum Gasteiger partial charge on any atom is 0.261 e. The Hall–Kier alpha value is -1.90. The summed E-state index contributed by atoms with van der Waals surface area (Å²) in [7, 11) is -7.55. The van der Waals surface area contributed by atoms with E-state index in [4.69, 9.17) is 5.14 Å². The van der Waals surface area contributed by atoms with Gasteiger partial charge >= 0.3 is 0 Å². The smallest absolute Gasteiger partial charge is 0.261 e. The van der Waals surface area contributed by atoms with Gasteiger partial charge in [-0.1, -0.05) is 26.0 Å². The van der Waals surface area contributed by atoms with E-state index >= 15 is 0 Å². The molecule has 2 aromatic carbocycles. The lowest BCUT2D eigenvalue weighted by Gasteiger charge is -2.11. The molecule has 0 saturated carbocycles. The van der Waals surface area contributed by atoms with E-state index < -0.39 is 20.0 Å². The van der Waals surface area contributed by atoms with Crippen molar-refractivity contribution < 1.29 is 16.8 Å². The zero-order valence-corrected chi connectivity index (χ0v) is 15.1. The first kappa shape index (κ1) is 18.4. The van der Waals surface area contributed by atoms with Gasteiger partial charge in [-0.3, -0.25) is 4.72 Å². The molecule has 2 aromatic rings. The Morgan fingerprint density at radius 3 is 1.88 bits per heavy atom. The van der Waals surface area contributed by atoms with Crippen molar-refractivity contribution >= 4 is 25.7 Å². The van der Waals surface area contributed by atoms with Crippen LogP contribution in [0.15, 0.2) is 58.3 Å². The largest absolute Gasteiger partial charge is 0.280 e. The molecule has 0 amide bonds. The van der Waals surface area contributed by atoms with Crippen LogP contribution in [0.25, 0.3) is 0 Å². The first-order chi connectivity index (χ1) is 11.1. The molecular weight excluding hydrogens is 348 g/mol. The van der Waals surface area contributed by atoms with E-state index in [-0.39, 0.29) is 15.5 Å². The van der Waals surface area contributed by atoms with E-state index in [9.17, 15) is 16.8 Å². The first-order valence-electron chi connectivity index (χ1n) is 7.39. The highest BCUT2D eigenvalue weighted by atomic mass is 32.2. The zero-order valence-electron chi connectivity index (χ0n) is 13.4. The SMILES string of the molecule is CC[C@@H](C)c1ccc(S(=O)(=O)Nc2ccc(S(N)(=O)=O)cc2)cc1. The standard InChI is InChI=1S/C16H20N2O4S2/c1-3-12(2)13-4-8-16(9-5-13)24(21,22)18-14-6-10-15(11-7-14)23(17,19)20/h4-12,18H,3H2,1-2H3,(H2,17,19,20)/t12-/m1/s1. The second kappa shape index (κ2) is 6.92. The van der Waals surface area contributed by atoms with Gasteiger partial charge in [0, 0.05) is 5.69 Å². The second-order valence-electron chi connectivity index (χ2n) is 5.55. The monoisotopic (exact) mass is 368 g/mol. The number of rotatable bonds is 6. The summed E-state index contributed by atoms with van der Waals surface area (Å²) in [6.07, 6.45) is 0.973. The summed E-state index contributed by atoms with van der Waals surface area (Å²) in [5.41, 5.74) is 1.34. The Bertz CT molecular complexity index is 904. The molecule has 0 bridgehead atoms. The lowest BCUT2D eigenvalue weighted by Crippen LogP contribution is -2.14. The number of anilines is 1. The van der Waals surface area contributed by atoms with Crippen LogP contribution >= 0.6 is 0 Å². The lowest BCUT2D eigenvalue weighted by molar-refractivity contribution is 0.597. The van der Waals surface area contributed by atoms with Gasteiger partial charge in [0.1, 0.15) is 0 Å². The van der Waals surface area contributed by atoms with E-state index in [1.807, 2.05) is 0 Å². The normalized spacial score (nSPS) is 13.5. The topological polar surface area (TPSA) is 106 Å². The number of nitrogens with one attached hydrogen (secondary N) is 1. The Balaban J connectivity index is 2.22. The Morgan fingerprint density at radius 1 is 0.917 bits per heavy atom. The van der Waals surface area contributed by atoms with Crippen molar-refractivity contribution in [1.82, 2.24) is 0 Å². The summed E-state index contributed by atoms with van der Waals surface area (Å²) in [4.78, 5) is 0.0634. The van der Waals surface area contributed by atoms with Crippen LogP contribution in [0, 0.1) is 0 Å². The molecule has 0 unspecified atom stereocenters. The minimum absolute atomic E-state index is 0.0802. The summed E-state index contributed by atoms with van der Waals surface area (Å²) >= 11 is 0. The number of hydrogen-bond donors (Lipinski definition) is 2. The number of benzene rings is 2. The molecule has 130 valence electrons. The molecule has 0 heterocycles. The lowest BCUT2D eigenvalue weighted by atomic mass is 9.99. The van der Waals surface area contributed by atoms with Gasteiger partial charge in [0.2, 0.25) is 10.0 Å². The molecule has 0 aliphatic rings.